The first-order chi connectivity index (χ1) is 10.0. The van der Waals surface area contributed by atoms with Gasteiger partial charge in [-0.05, 0) is 30.3 Å². The summed E-state index contributed by atoms with van der Waals surface area (Å²) in [6.45, 7) is 0. The van der Waals surface area contributed by atoms with E-state index in [9.17, 15) is 0 Å². The minimum atomic E-state index is 0.225. The van der Waals surface area contributed by atoms with Crippen LogP contribution < -0.4 is 0 Å². The Morgan fingerprint density at radius 2 is 1.62 bits per heavy atom. The summed E-state index contributed by atoms with van der Waals surface area (Å²) < 4.78 is 1.85. The van der Waals surface area contributed by atoms with Crippen LogP contribution in [0.15, 0.2) is 30.3 Å². The molecule has 0 amide bonds. The minimum Gasteiger partial charge on any atom is -0.294 e. The molecule has 1 heterocycles. The van der Waals surface area contributed by atoms with Crippen molar-refractivity contribution < 1.29 is 0 Å². The lowest BCUT2D eigenvalue weighted by molar-refractivity contribution is 0.982. The second-order valence-corrected chi connectivity index (χ2v) is 6.27. The molecule has 0 aliphatic carbocycles. The molecule has 0 saturated carbocycles. The first kappa shape index (κ1) is 15.3. The molecule has 0 fully saturated rings. The summed E-state index contributed by atoms with van der Waals surface area (Å²) in [4.78, 5) is 4.47. The average Bonchev–Trinajstić information content (AvgIpc) is 2.77. The molecule has 0 unspecified atom stereocenters. The van der Waals surface area contributed by atoms with Crippen LogP contribution in [0.25, 0.3) is 16.7 Å². The largest absolute Gasteiger partial charge is 0.294 e. The second-order valence-electron chi connectivity index (χ2n) is 4.35. The van der Waals surface area contributed by atoms with Gasteiger partial charge in [0.15, 0.2) is 0 Å². The standard InChI is InChI=1S/C14H7Cl5N2/c15-6-14-20-11-4-8(17)9(18)5-13(11)21(14)12-2-1-7(16)3-10(12)19/h1-5H,6H2. The molecule has 2 aromatic carbocycles. The number of benzene rings is 2. The van der Waals surface area contributed by atoms with Gasteiger partial charge >= 0.3 is 0 Å². The molecule has 21 heavy (non-hydrogen) atoms. The third-order valence-corrected chi connectivity index (χ3v) is 4.54. The number of hydrogen-bond donors (Lipinski definition) is 0. The number of fused-ring (bicyclic) bond motifs is 1. The molecule has 108 valence electrons. The van der Waals surface area contributed by atoms with Crippen molar-refractivity contribution in [2.75, 3.05) is 0 Å². The summed E-state index contributed by atoms with van der Waals surface area (Å²) in [5.74, 6) is 0.873. The summed E-state index contributed by atoms with van der Waals surface area (Å²) in [7, 11) is 0. The quantitative estimate of drug-likeness (QED) is 0.472. The van der Waals surface area contributed by atoms with Gasteiger partial charge in [-0.1, -0.05) is 46.4 Å². The van der Waals surface area contributed by atoms with Gasteiger partial charge in [-0.3, -0.25) is 4.57 Å². The summed E-state index contributed by atoms with van der Waals surface area (Å²) in [6.07, 6.45) is 0. The van der Waals surface area contributed by atoms with Gasteiger partial charge in [0.05, 0.1) is 37.7 Å². The second kappa shape index (κ2) is 5.86. The fourth-order valence-corrected chi connectivity index (χ4v) is 3.13. The topological polar surface area (TPSA) is 17.8 Å². The van der Waals surface area contributed by atoms with Gasteiger partial charge < -0.3 is 0 Å². The Kier molecular flexibility index (Phi) is 4.26. The SMILES string of the molecule is ClCc1nc2cc(Cl)c(Cl)cc2n1-c1ccc(Cl)cc1Cl. The maximum Gasteiger partial charge on any atom is 0.129 e. The van der Waals surface area contributed by atoms with Gasteiger partial charge in [0.25, 0.3) is 0 Å². The Morgan fingerprint density at radius 3 is 2.29 bits per heavy atom. The van der Waals surface area contributed by atoms with E-state index in [1.807, 2.05) is 10.6 Å². The lowest BCUT2D eigenvalue weighted by Crippen LogP contribution is -2.00. The molecule has 0 bridgehead atoms. The molecule has 0 saturated heterocycles. The molecule has 0 radical (unpaired) electrons. The van der Waals surface area contributed by atoms with Gasteiger partial charge in [0.2, 0.25) is 0 Å². The van der Waals surface area contributed by atoms with Gasteiger partial charge in [0, 0.05) is 5.02 Å². The van der Waals surface area contributed by atoms with Crippen molar-refractivity contribution in [1.82, 2.24) is 9.55 Å². The molecule has 1 aromatic heterocycles. The van der Waals surface area contributed by atoms with Gasteiger partial charge in [-0.25, -0.2) is 4.98 Å². The molecule has 0 N–H and O–H groups in total. The third kappa shape index (κ3) is 2.71. The van der Waals surface area contributed by atoms with Crippen LogP contribution >= 0.6 is 58.0 Å². The fourth-order valence-electron chi connectivity index (χ4n) is 2.14. The van der Waals surface area contributed by atoms with Crippen LogP contribution in [0.5, 0.6) is 0 Å². The highest BCUT2D eigenvalue weighted by molar-refractivity contribution is 6.42. The molecule has 7 heteroatoms. The van der Waals surface area contributed by atoms with Crippen LogP contribution in [0, 0.1) is 0 Å². The lowest BCUT2D eigenvalue weighted by Gasteiger charge is -2.10. The van der Waals surface area contributed by atoms with E-state index in [1.54, 1.807) is 24.3 Å². The van der Waals surface area contributed by atoms with Crippen LogP contribution in [-0.4, -0.2) is 9.55 Å². The van der Waals surface area contributed by atoms with Crippen LogP contribution in [-0.2, 0) is 5.88 Å². The Morgan fingerprint density at radius 1 is 0.905 bits per heavy atom. The van der Waals surface area contributed by atoms with Gasteiger partial charge in [0.1, 0.15) is 5.82 Å². The number of hydrogen-bond acceptors (Lipinski definition) is 1. The van der Waals surface area contributed by atoms with Crippen molar-refractivity contribution in [1.29, 1.82) is 0 Å². The highest BCUT2D eigenvalue weighted by Gasteiger charge is 2.16. The molecule has 0 aliphatic rings. The third-order valence-electron chi connectivity index (χ3n) is 3.04. The van der Waals surface area contributed by atoms with Crippen LogP contribution in [0.2, 0.25) is 20.1 Å². The fraction of sp³-hybridized carbons (Fsp3) is 0.0714. The smallest absolute Gasteiger partial charge is 0.129 e. The van der Waals surface area contributed by atoms with Crippen molar-refractivity contribution in [3.63, 3.8) is 0 Å². The van der Waals surface area contributed by atoms with E-state index < -0.39 is 0 Å². The zero-order valence-corrected chi connectivity index (χ0v) is 14.2. The number of alkyl halides is 1. The van der Waals surface area contributed by atoms with E-state index in [2.05, 4.69) is 4.98 Å². The van der Waals surface area contributed by atoms with Crippen molar-refractivity contribution >= 4 is 69.0 Å². The zero-order chi connectivity index (χ0) is 15.1. The monoisotopic (exact) mass is 378 g/mol. The van der Waals surface area contributed by atoms with Crippen molar-refractivity contribution in [2.24, 2.45) is 0 Å². The lowest BCUT2D eigenvalue weighted by atomic mass is 10.2. The predicted molar refractivity (Wildman–Crippen MR) is 90.7 cm³/mol. The van der Waals surface area contributed by atoms with E-state index in [1.165, 1.54) is 0 Å². The van der Waals surface area contributed by atoms with E-state index in [-0.39, 0.29) is 5.88 Å². The number of aromatic nitrogens is 2. The zero-order valence-electron chi connectivity index (χ0n) is 10.4. The predicted octanol–water partition coefficient (Wildman–Crippen LogP) is 6.38. The van der Waals surface area contributed by atoms with E-state index in [0.29, 0.717) is 31.4 Å². The Labute approximate surface area is 146 Å². The molecule has 0 aliphatic heterocycles. The van der Waals surface area contributed by atoms with Crippen molar-refractivity contribution in [2.45, 2.75) is 5.88 Å². The Hall–Kier alpha value is -0.640. The Balaban J connectivity index is 2.37. The molecule has 3 rings (SSSR count). The number of halogens is 5. The van der Waals surface area contributed by atoms with Crippen molar-refractivity contribution in [3.8, 4) is 5.69 Å². The first-order valence-electron chi connectivity index (χ1n) is 5.89. The molecular weight excluding hydrogens is 373 g/mol. The summed E-state index contributed by atoms with van der Waals surface area (Å²) >= 11 is 30.4. The molecule has 0 atom stereocenters. The van der Waals surface area contributed by atoms with E-state index in [0.717, 1.165) is 11.2 Å². The van der Waals surface area contributed by atoms with Crippen LogP contribution in [0.1, 0.15) is 5.82 Å². The summed E-state index contributed by atoms with van der Waals surface area (Å²) in [5.41, 5.74) is 2.22. The van der Waals surface area contributed by atoms with Gasteiger partial charge in [-0.2, -0.15) is 0 Å². The highest BCUT2D eigenvalue weighted by atomic mass is 35.5. The molecule has 3 aromatic rings. The number of nitrogens with zero attached hydrogens (tertiary/aromatic N) is 2. The number of imidazole rings is 1. The van der Waals surface area contributed by atoms with Gasteiger partial charge in [-0.15, -0.1) is 11.6 Å². The molecular formula is C14H7Cl5N2. The maximum absolute atomic E-state index is 6.29. The summed E-state index contributed by atoms with van der Waals surface area (Å²) in [6, 6.07) is 8.68. The molecule has 2 nitrogen and oxygen atoms in total. The van der Waals surface area contributed by atoms with E-state index in [4.69, 9.17) is 58.0 Å². The highest BCUT2D eigenvalue weighted by Crippen LogP contribution is 2.33. The Bertz CT molecular complexity index is 841. The average molecular weight is 380 g/mol. The van der Waals surface area contributed by atoms with Crippen LogP contribution in [0.4, 0.5) is 0 Å². The maximum atomic E-state index is 6.29. The number of rotatable bonds is 2. The normalized spacial score (nSPS) is 11.3. The van der Waals surface area contributed by atoms with Crippen molar-refractivity contribution in [3.05, 3.63) is 56.2 Å². The molecule has 0 spiro atoms. The summed E-state index contributed by atoms with van der Waals surface area (Å²) in [5, 5.41) is 1.94. The minimum absolute atomic E-state index is 0.225. The van der Waals surface area contributed by atoms with E-state index >= 15 is 0 Å². The van der Waals surface area contributed by atoms with Crippen LogP contribution in [0.3, 0.4) is 0 Å². The first-order valence-corrected chi connectivity index (χ1v) is 7.93.